The maximum Gasteiger partial charge on any atom is 0.253 e. The van der Waals surface area contributed by atoms with Crippen molar-refractivity contribution in [3.8, 4) is 0 Å². The fourth-order valence-corrected chi connectivity index (χ4v) is 2.77. The molecule has 0 saturated heterocycles. The van der Waals surface area contributed by atoms with Gasteiger partial charge in [-0.3, -0.25) is 9.59 Å². The maximum absolute atomic E-state index is 12.7. The van der Waals surface area contributed by atoms with Gasteiger partial charge in [-0.05, 0) is 37.5 Å². The average molecular weight is 361 g/mol. The molecule has 1 rings (SSSR count). The van der Waals surface area contributed by atoms with Gasteiger partial charge in [-0.25, -0.2) is 0 Å². The van der Waals surface area contributed by atoms with Gasteiger partial charge in [0, 0.05) is 42.7 Å². The van der Waals surface area contributed by atoms with Crippen LogP contribution in [-0.4, -0.2) is 48.7 Å². The van der Waals surface area contributed by atoms with Crippen LogP contribution in [-0.2, 0) is 4.79 Å². The first-order chi connectivity index (χ1) is 12.4. The molecule has 0 fully saturated rings. The zero-order valence-electron chi connectivity index (χ0n) is 16.0. The van der Waals surface area contributed by atoms with E-state index in [9.17, 15) is 14.4 Å². The second-order valence-corrected chi connectivity index (χ2v) is 6.69. The van der Waals surface area contributed by atoms with Gasteiger partial charge in [0.05, 0.1) is 0 Å². The van der Waals surface area contributed by atoms with Gasteiger partial charge in [0.25, 0.3) is 11.8 Å². The van der Waals surface area contributed by atoms with Crippen molar-refractivity contribution in [2.75, 3.05) is 19.6 Å². The number of nitrogens with one attached hydrogen (secondary N) is 1. The van der Waals surface area contributed by atoms with Crippen LogP contribution in [0.1, 0.15) is 60.7 Å². The van der Waals surface area contributed by atoms with E-state index in [1.807, 2.05) is 18.7 Å². The summed E-state index contributed by atoms with van der Waals surface area (Å²) in [6.45, 7) is 7.55. The van der Waals surface area contributed by atoms with Crippen LogP contribution in [0.15, 0.2) is 24.3 Å². The van der Waals surface area contributed by atoms with E-state index in [2.05, 4.69) is 5.32 Å². The number of nitrogens with two attached hydrogens (primary N) is 1. The largest absolute Gasteiger partial charge is 0.350 e. The van der Waals surface area contributed by atoms with Crippen molar-refractivity contribution in [3.63, 3.8) is 0 Å². The molecule has 0 aromatic heterocycles. The number of amides is 2. The van der Waals surface area contributed by atoms with Crippen LogP contribution in [0.2, 0.25) is 0 Å². The Morgan fingerprint density at radius 3 is 2.38 bits per heavy atom. The molecular weight excluding hydrogens is 330 g/mol. The van der Waals surface area contributed by atoms with Crippen LogP contribution in [0.25, 0.3) is 0 Å². The monoisotopic (exact) mass is 361 g/mol. The molecule has 0 heterocycles. The van der Waals surface area contributed by atoms with Crippen molar-refractivity contribution >= 4 is 18.1 Å². The van der Waals surface area contributed by atoms with E-state index in [0.29, 0.717) is 30.6 Å². The molecule has 0 radical (unpaired) electrons. The maximum atomic E-state index is 12.7. The second-order valence-electron chi connectivity index (χ2n) is 6.69. The molecule has 0 saturated carbocycles. The summed E-state index contributed by atoms with van der Waals surface area (Å²) < 4.78 is 0. The van der Waals surface area contributed by atoms with E-state index >= 15 is 0 Å². The third kappa shape index (κ3) is 6.96. The summed E-state index contributed by atoms with van der Waals surface area (Å²) in [4.78, 5) is 37.5. The highest BCUT2D eigenvalue weighted by Crippen LogP contribution is 2.10. The first-order valence-electron chi connectivity index (χ1n) is 9.31. The van der Waals surface area contributed by atoms with Crippen molar-refractivity contribution in [2.24, 2.45) is 11.7 Å². The Morgan fingerprint density at radius 2 is 1.81 bits per heavy atom. The lowest BCUT2D eigenvalue weighted by Crippen LogP contribution is -2.38. The van der Waals surface area contributed by atoms with Crippen LogP contribution in [0.3, 0.4) is 0 Å². The quantitative estimate of drug-likeness (QED) is 0.591. The number of hydrogen-bond acceptors (Lipinski definition) is 4. The standard InChI is InChI=1S/C20H31N3O3/c1-4-9-23(10-5-2)20(26)17-8-6-7-16(12-17)19(25)22-13-18(21)11-15(3)14-24/h6-8,12,14-15,18H,4-5,9-11,13,21H2,1-3H3,(H,22,25). The summed E-state index contributed by atoms with van der Waals surface area (Å²) in [5, 5.41) is 2.77. The van der Waals surface area contributed by atoms with Gasteiger partial charge >= 0.3 is 0 Å². The Kier molecular flexibility index (Phi) is 9.58. The molecule has 1 aromatic carbocycles. The van der Waals surface area contributed by atoms with Crippen LogP contribution < -0.4 is 11.1 Å². The zero-order valence-corrected chi connectivity index (χ0v) is 16.0. The summed E-state index contributed by atoms with van der Waals surface area (Å²) in [7, 11) is 0. The van der Waals surface area contributed by atoms with Crippen molar-refractivity contribution in [3.05, 3.63) is 35.4 Å². The van der Waals surface area contributed by atoms with Gasteiger partial charge in [0.15, 0.2) is 0 Å². The molecule has 0 aliphatic carbocycles. The molecule has 0 spiro atoms. The van der Waals surface area contributed by atoms with Gasteiger partial charge < -0.3 is 20.7 Å². The molecule has 2 unspecified atom stereocenters. The van der Waals surface area contributed by atoms with Gasteiger partial charge in [0.1, 0.15) is 6.29 Å². The highest BCUT2D eigenvalue weighted by molar-refractivity contribution is 5.99. The normalized spacial score (nSPS) is 12.9. The smallest absolute Gasteiger partial charge is 0.253 e. The van der Waals surface area contributed by atoms with E-state index in [0.717, 1.165) is 19.1 Å². The lowest BCUT2D eigenvalue weighted by molar-refractivity contribution is -0.110. The lowest BCUT2D eigenvalue weighted by atomic mass is 10.0. The Hall–Kier alpha value is -2.21. The van der Waals surface area contributed by atoms with Crippen LogP contribution in [0, 0.1) is 5.92 Å². The highest BCUT2D eigenvalue weighted by Gasteiger charge is 2.16. The number of aldehydes is 1. The molecule has 1 aromatic rings. The molecule has 0 aliphatic heterocycles. The molecule has 26 heavy (non-hydrogen) atoms. The van der Waals surface area contributed by atoms with Crippen molar-refractivity contribution < 1.29 is 14.4 Å². The number of hydrogen-bond donors (Lipinski definition) is 2. The van der Waals surface area contributed by atoms with Gasteiger partial charge in [-0.1, -0.05) is 26.8 Å². The Labute approximate surface area is 156 Å². The number of carbonyl (C=O) groups excluding carboxylic acids is 3. The minimum atomic E-state index is -0.284. The summed E-state index contributed by atoms with van der Waals surface area (Å²) in [5.74, 6) is -0.461. The Bertz CT molecular complexity index is 598. The molecule has 144 valence electrons. The fraction of sp³-hybridized carbons (Fsp3) is 0.550. The second kappa shape index (κ2) is 11.4. The van der Waals surface area contributed by atoms with E-state index in [-0.39, 0.29) is 30.3 Å². The van der Waals surface area contributed by atoms with Crippen LogP contribution in [0.4, 0.5) is 0 Å². The number of carbonyl (C=O) groups is 3. The van der Waals surface area contributed by atoms with E-state index in [1.165, 1.54) is 0 Å². The summed E-state index contributed by atoms with van der Waals surface area (Å²) in [5.41, 5.74) is 6.87. The van der Waals surface area contributed by atoms with Crippen LogP contribution >= 0.6 is 0 Å². The third-order valence-electron chi connectivity index (χ3n) is 4.08. The summed E-state index contributed by atoms with van der Waals surface area (Å²) in [6.07, 6.45) is 3.16. The SMILES string of the molecule is CCCN(CCC)C(=O)c1cccc(C(=O)NCC(N)CC(C)C=O)c1. The molecule has 2 atom stereocenters. The average Bonchev–Trinajstić information content (AvgIpc) is 2.65. The molecule has 6 nitrogen and oxygen atoms in total. The van der Waals surface area contributed by atoms with Gasteiger partial charge in [-0.2, -0.15) is 0 Å². The molecule has 0 aliphatic rings. The molecular formula is C20H31N3O3. The van der Waals surface area contributed by atoms with Crippen molar-refractivity contribution in [1.29, 1.82) is 0 Å². The van der Waals surface area contributed by atoms with E-state index in [1.54, 1.807) is 31.2 Å². The predicted molar refractivity (Wildman–Crippen MR) is 103 cm³/mol. The minimum absolute atomic E-state index is 0.0557. The molecule has 0 bridgehead atoms. The Morgan fingerprint density at radius 1 is 1.19 bits per heavy atom. The van der Waals surface area contributed by atoms with E-state index < -0.39 is 0 Å². The number of nitrogens with zero attached hydrogens (tertiary/aromatic N) is 1. The molecule has 6 heteroatoms. The topological polar surface area (TPSA) is 92.5 Å². The van der Waals surface area contributed by atoms with Crippen molar-refractivity contribution in [1.82, 2.24) is 10.2 Å². The number of rotatable bonds is 11. The van der Waals surface area contributed by atoms with Gasteiger partial charge in [-0.15, -0.1) is 0 Å². The Balaban J connectivity index is 2.74. The molecule has 2 amide bonds. The van der Waals surface area contributed by atoms with E-state index in [4.69, 9.17) is 5.73 Å². The fourth-order valence-electron chi connectivity index (χ4n) is 2.77. The predicted octanol–water partition coefficient (Wildman–Crippen LogP) is 2.23. The lowest BCUT2D eigenvalue weighted by Gasteiger charge is -2.21. The first kappa shape index (κ1) is 21.8. The third-order valence-corrected chi connectivity index (χ3v) is 4.08. The summed E-state index contributed by atoms with van der Waals surface area (Å²) >= 11 is 0. The minimum Gasteiger partial charge on any atom is -0.350 e. The zero-order chi connectivity index (χ0) is 19.5. The number of benzene rings is 1. The van der Waals surface area contributed by atoms with Gasteiger partial charge in [0.2, 0.25) is 0 Å². The van der Waals surface area contributed by atoms with Crippen LogP contribution in [0.5, 0.6) is 0 Å². The highest BCUT2D eigenvalue weighted by atomic mass is 16.2. The van der Waals surface area contributed by atoms with Crippen molar-refractivity contribution in [2.45, 2.75) is 46.1 Å². The molecule has 3 N–H and O–H groups in total. The first-order valence-corrected chi connectivity index (χ1v) is 9.31. The summed E-state index contributed by atoms with van der Waals surface area (Å²) in [6, 6.07) is 6.46.